The summed E-state index contributed by atoms with van der Waals surface area (Å²) in [6.45, 7) is 3.03. The van der Waals surface area contributed by atoms with Crippen molar-refractivity contribution in [1.82, 2.24) is 10.2 Å². The Kier molecular flexibility index (Phi) is 7.30. The fourth-order valence-electron chi connectivity index (χ4n) is 2.86. The summed E-state index contributed by atoms with van der Waals surface area (Å²) < 4.78 is 4.94. The number of anilines is 1. The molecule has 2 rings (SSSR count). The lowest BCUT2D eigenvalue weighted by Gasteiger charge is -2.34. The lowest BCUT2D eigenvalue weighted by molar-refractivity contribution is -0.146. The minimum atomic E-state index is -0.547. The van der Waals surface area contributed by atoms with Gasteiger partial charge in [-0.3, -0.25) is 24.7 Å². The van der Waals surface area contributed by atoms with Crippen molar-refractivity contribution in [3.8, 4) is 0 Å². The maximum absolute atomic E-state index is 12.2. The van der Waals surface area contributed by atoms with E-state index in [0.717, 1.165) is 0 Å². The van der Waals surface area contributed by atoms with Crippen molar-refractivity contribution < 1.29 is 19.1 Å². The number of rotatable bonds is 8. The van der Waals surface area contributed by atoms with Gasteiger partial charge in [0.1, 0.15) is 5.84 Å². The summed E-state index contributed by atoms with van der Waals surface area (Å²) in [4.78, 5) is 37.8. The summed E-state index contributed by atoms with van der Waals surface area (Å²) >= 11 is 0. The van der Waals surface area contributed by atoms with Crippen molar-refractivity contribution >= 4 is 29.3 Å². The van der Waals surface area contributed by atoms with Crippen LogP contribution in [0.3, 0.4) is 0 Å². The summed E-state index contributed by atoms with van der Waals surface area (Å²) in [5.74, 6) is -0.853. The number of nitrogens with two attached hydrogens (primary N) is 1. The second kappa shape index (κ2) is 9.67. The summed E-state index contributed by atoms with van der Waals surface area (Å²) in [5, 5.41) is 12.9. The number of nitrogens with one attached hydrogen (secondary N) is 3. The van der Waals surface area contributed by atoms with Gasteiger partial charge in [0.05, 0.1) is 19.2 Å². The monoisotopic (exact) mass is 375 g/mol. The van der Waals surface area contributed by atoms with Gasteiger partial charge < -0.3 is 21.1 Å². The SMILES string of the molecule is CCOC(=O)CN1CCNC(=O)C1CCC(=O)Nc1ccc(C(=N)N)cc1. The third kappa shape index (κ3) is 6.07. The van der Waals surface area contributed by atoms with Gasteiger partial charge in [0.15, 0.2) is 0 Å². The molecule has 0 bridgehead atoms. The molecule has 1 aromatic carbocycles. The highest BCUT2D eigenvalue weighted by molar-refractivity contribution is 5.96. The van der Waals surface area contributed by atoms with Gasteiger partial charge in [-0.25, -0.2) is 0 Å². The predicted molar refractivity (Wildman–Crippen MR) is 100 cm³/mol. The predicted octanol–water partition coefficient (Wildman–Crippen LogP) is 0.0529. The van der Waals surface area contributed by atoms with Crippen molar-refractivity contribution in [3.05, 3.63) is 29.8 Å². The van der Waals surface area contributed by atoms with Crippen LogP contribution >= 0.6 is 0 Å². The molecule has 1 aliphatic heterocycles. The first-order chi connectivity index (χ1) is 12.9. The van der Waals surface area contributed by atoms with E-state index in [1.54, 1.807) is 36.1 Å². The minimum Gasteiger partial charge on any atom is -0.465 e. The number of carbonyl (C=O) groups is 3. The standard InChI is InChI=1S/C18H25N5O4/c1-2-27-16(25)11-23-10-9-21-18(26)14(23)7-8-15(24)22-13-5-3-12(4-6-13)17(19)20/h3-6,14H,2,7-11H2,1H3,(H3,19,20)(H,21,26)(H,22,24). The van der Waals surface area contributed by atoms with Crippen molar-refractivity contribution in [3.63, 3.8) is 0 Å². The summed E-state index contributed by atoms with van der Waals surface area (Å²) in [6, 6.07) is 6.07. The van der Waals surface area contributed by atoms with Crippen LogP contribution in [0.2, 0.25) is 0 Å². The summed E-state index contributed by atoms with van der Waals surface area (Å²) in [5.41, 5.74) is 6.55. The summed E-state index contributed by atoms with van der Waals surface area (Å²) in [6.07, 6.45) is 0.425. The zero-order chi connectivity index (χ0) is 19.8. The van der Waals surface area contributed by atoms with Crippen molar-refractivity contribution in [2.24, 2.45) is 5.73 Å². The number of esters is 1. The lowest BCUT2D eigenvalue weighted by atomic mass is 10.1. The van der Waals surface area contributed by atoms with Crippen LogP contribution in [0, 0.1) is 5.41 Å². The quantitative estimate of drug-likeness (QED) is 0.288. The Hall–Kier alpha value is -2.94. The number of benzene rings is 1. The number of ether oxygens (including phenoxy) is 1. The molecule has 0 aromatic heterocycles. The molecule has 0 radical (unpaired) electrons. The molecule has 1 heterocycles. The van der Waals surface area contributed by atoms with E-state index in [1.165, 1.54) is 0 Å². The van der Waals surface area contributed by atoms with Gasteiger partial charge in [-0.15, -0.1) is 0 Å². The molecule has 0 spiro atoms. The van der Waals surface area contributed by atoms with Crippen LogP contribution in [0.1, 0.15) is 25.3 Å². The van der Waals surface area contributed by atoms with Gasteiger partial charge in [-0.05, 0) is 37.6 Å². The van der Waals surface area contributed by atoms with Gasteiger partial charge in [0.2, 0.25) is 11.8 Å². The van der Waals surface area contributed by atoms with E-state index in [1.807, 2.05) is 0 Å². The number of amidine groups is 1. The Bertz CT molecular complexity index is 704. The Balaban J connectivity index is 1.89. The number of piperazine rings is 1. The molecule has 1 atom stereocenters. The number of amides is 2. The van der Waals surface area contributed by atoms with Crippen LogP contribution in [0.4, 0.5) is 5.69 Å². The molecule has 27 heavy (non-hydrogen) atoms. The molecule has 0 aliphatic carbocycles. The number of hydrogen-bond acceptors (Lipinski definition) is 6. The van der Waals surface area contributed by atoms with Crippen LogP contribution in [0.25, 0.3) is 0 Å². The average Bonchev–Trinajstić information content (AvgIpc) is 2.62. The number of hydrogen-bond donors (Lipinski definition) is 4. The van der Waals surface area contributed by atoms with Gasteiger partial charge in [-0.2, -0.15) is 0 Å². The first kappa shape index (κ1) is 20.4. The van der Waals surface area contributed by atoms with Gasteiger partial charge in [-0.1, -0.05) is 0 Å². The van der Waals surface area contributed by atoms with Crippen LogP contribution < -0.4 is 16.4 Å². The fraction of sp³-hybridized carbons (Fsp3) is 0.444. The van der Waals surface area contributed by atoms with Gasteiger partial charge in [0.25, 0.3) is 0 Å². The van der Waals surface area contributed by atoms with Crippen LogP contribution in [-0.4, -0.2) is 60.8 Å². The van der Waals surface area contributed by atoms with E-state index in [2.05, 4.69) is 10.6 Å². The Morgan fingerprint density at radius 2 is 2.07 bits per heavy atom. The maximum atomic E-state index is 12.2. The molecular formula is C18H25N5O4. The van der Waals surface area contributed by atoms with Crippen molar-refractivity contribution in [2.45, 2.75) is 25.8 Å². The highest BCUT2D eigenvalue weighted by Gasteiger charge is 2.31. The van der Waals surface area contributed by atoms with Gasteiger partial charge >= 0.3 is 5.97 Å². The molecule has 2 amide bonds. The zero-order valence-electron chi connectivity index (χ0n) is 15.3. The molecule has 1 unspecified atom stereocenters. The zero-order valence-corrected chi connectivity index (χ0v) is 15.3. The van der Waals surface area contributed by atoms with E-state index in [-0.39, 0.29) is 43.2 Å². The first-order valence-corrected chi connectivity index (χ1v) is 8.82. The molecule has 1 saturated heterocycles. The second-order valence-corrected chi connectivity index (χ2v) is 6.16. The highest BCUT2D eigenvalue weighted by atomic mass is 16.5. The minimum absolute atomic E-state index is 0.0278. The number of carbonyl (C=O) groups excluding carboxylic acids is 3. The van der Waals surface area contributed by atoms with Gasteiger partial charge in [0, 0.05) is 30.8 Å². The number of nitrogen functional groups attached to an aromatic ring is 1. The third-order valence-electron chi connectivity index (χ3n) is 4.20. The topological polar surface area (TPSA) is 138 Å². The smallest absolute Gasteiger partial charge is 0.320 e. The van der Waals surface area contributed by atoms with Crippen molar-refractivity contribution in [2.75, 3.05) is 31.6 Å². The molecule has 9 heteroatoms. The molecule has 1 fully saturated rings. The Labute approximate surface area is 157 Å². The van der Waals surface area contributed by atoms with E-state index >= 15 is 0 Å². The second-order valence-electron chi connectivity index (χ2n) is 6.16. The Morgan fingerprint density at radius 3 is 2.70 bits per heavy atom. The molecule has 146 valence electrons. The first-order valence-electron chi connectivity index (χ1n) is 8.82. The van der Waals surface area contributed by atoms with E-state index in [4.69, 9.17) is 15.9 Å². The van der Waals surface area contributed by atoms with Crippen LogP contribution in [0.15, 0.2) is 24.3 Å². The number of nitrogens with zero attached hydrogens (tertiary/aromatic N) is 1. The summed E-state index contributed by atoms with van der Waals surface area (Å²) in [7, 11) is 0. The molecule has 5 N–H and O–H groups in total. The lowest BCUT2D eigenvalue weighted by Crippen LogP contribution is -2.56. The average molecular weight is 375 g/mol. The third-order valence-corrected chi connectivity index (χ3v) is 4.20. The maximum Gasteiger partial charge on any atom is 0.320 e. The largest absolute Gasteiger partial charge is 0.465 e. The molecule has 1 aromatic rings. The van der Waals surface area contributed by atoms with E-state index in [0.29, 0.717) is 30.8 Å². The highest BCUT2D eigenvalue weighted by Crippen LogP contribution is 2.14. The van der Waals surface area contributed by atoms with Crippen LogP contribution in [-0.2, 0) is 19.1 Å². The van der Waals surface area contributed by atoms with E-state index in [9.17, 15) is 14.4 Å². The van der Waals surface area contributed by atoms with Crippen LogP contribution in [0.5, 0.6) is 0 Å². The molecule has 1 aliphatic rings. The molecule has 0 saturated carbocycles. The Morgan fingerprint density at radius 1 is 1.37 bits per heavy atom. The normalized spacial score (nSPS) is 17.1. The van der Waals surface area contributed by atoms with E-state index < -0.39 is 6.04 Å². The molecule has 9 nitrogen and oxygen atoms in total. The fourth-order valence-corrected chi connectivity index (χ4v) is 2.86. The molecular weight excluding hydrogens is 350 g/mol. The van der Waals surface area contributed by atoms with Crippen molar-refractivity contribution in [1.29, 1.82) is 5.41 Å².